The maximum atomic E-state index is 13.5. The van der Waals surface area contributed by atoms with Gasteiger partial charge in [0.2, 0.25) is 0 Å². The first-order valence-corrected chi connectivity index (χ1v) is 12.9. The molecule has 1 saturated carbocycles. The molecule has 14 nitrogen and oxygen atoms in total. The number of nitro benzene ring substituents is 1. The summed E-state index contributed by atoms with van der Waals surface area (Å²) in [5.41, 5.74) is -4.21. The molecule has 39 heavy (non-hydrogen) atoms. The molecule has 1 aliphatic rings. The number of nitrogens with one attached hydrogen (secondary N) is 1. The van der Waals surface area contributed by atoms with Crippen LogP contribution in [0.2, 0.25) is 0 Å². The molecule has 0 spiro atoms. The number of hydrogen-bond donors (Lipinski definition) is 1. The van der Waals surface area contributed by atoms with E-state index in [0.29, 0.717) is 31.5 Å². The summed E-state index contributed by atoms with van der Waals surface area (Å²) in [6, 6.07) is 3.91. The zero-order valence-electron chi connectivity index (χ0n) is 21.5. The average molecular weight is 535 g/mol. The lowest BCUT2D eigenvalue weighted by Crippen LogP contribution is -2.43. The Balaban J connectivity index is 2.05. The van der Waals surface area contributed by atoms with Crippen molar-refractivity contribution in [3.63, 3.8) is 0 Å². The third-order valence-electron chi connectivity index (χ3n) is 7.13. The minimum absolute atomic E-state index is 0.00434. The van der Waals surface area contributed by atoms with Gasteiger partial charge in [-0.25, -0.2) is 19.1 Å². The lowest BCUT2D eigenvalue weighted by molar-refractivity contribution is -0.385. The second kappa shape index (κ2) is 9.82. The van der Waals surface area contributed by atoms with Crippen molar-refractivity contribution in [1.82, 2.24) is 28.5 Å². The van der Waals surface area contributed by atoms with Crippen LogP contribution in [0.25, 0.3) is 22.2 Å². The molecule has 0 radical (unpaired) electrons. The van der Waals surface area contributed by atoms with Gasteiger partial charge in [0.25, 0.3) is 11.2 Å². The number of hydrogen-bond acceptors (Lipinski definition) is 8. The van der Waals surface area contributed by atoms with Crippen LogP contribution in [-0.2, 0) is 13.1 Å². The topological polar surface area (TPSA) is 184 Å². The number of nitriles is 1. The molecule has 3 heterocycles. The predicted molar refractivity (Wildman–Crippen MR) is 141 cm³/mol. The Bertz CT molecular complexity index is 1930. The van der Waals surface area contributed by atoms with Gasteiger partial charge in [0.1, 0.15) is 17.5 Å². The molecule has 0 amide bonds. The molecule has 0 aliphatic heterocycles. The molecule has 1 N–H and O–H groups in total. The third-order valence-corrected chi connectivity index (χ3v) is 7.13. The lowest BCUT2D eigenvalue weighted by Gasteiger charge is -2.19. The van der Waals surface area contributed by atoms with E-state index in [-0.39, 0.29) is 46.8 Å². The molecular formula is C25H26N8O6. The van der Waals surface area contributed by atoms with Crippen molar-refractivity contribution in [2.24, 2.45) is 0 Å². The largest absolute Gasteiger partial charge is 0.335 e. The van der Waals surface area contributed by atoms with Crippen molar-refractivity contribution in [2.45, 2.75) is 71.4 Å². The van der Waals surface area contributed by atoms with Crippen LogP contribution in [0.15, 0.2) is 31.3 Å². The van der Waals surface area contributed by atoms with E-state index in [1.54, 1.807) is 6.07 Å². The number of nitrogens with zero attached hydrogens (tertiary/aromatic N) is 7. The number of H-pyrrole nitrogens is 1. The van der Waals surface area contributed by atoms with Gasteiger partial charge in [0, 0.05) is 25.1 Å². The Labute approximate surface area is 219 Å². The summed E-state index contributed by atoms with van der Waals surface area (Å²) in [7, 11) is 0. The first-order chi connectivity index (χ1) is 18.7. The Morgan fingerprint density at radius 3 is 2.33 bits per heavy atom. The summed E-state index contributed by atoms with van der Waals surface area (Å²) in [6.07, 6.45) is 4.24. The van der Waals surface area contributed by atoms with Crippen LogP contribution in [0.3, 0.4) is 0 Å². The second-order valence-electron chi connectivity index (χ2n) is 9.65. The second-order valence-corrected chi connectivity index (χ2v) is 9.65. The minimum Gasteiger partial charge on any atom is -0.316 e. The first kappa shape index (κ1) is 25.8. The summed E-state index contributed by atoms with van der Waals surface area (Å²) in [5, 5.41) is 21.2. The van der Waals surface area contributed by atoms with E-state index in [1.807, 2.05) is 13.8 Å². The number of benzene rings is 1. The van der Waals surface area contributed by atoms with Gasteiger partial charge in [-0.2, -0.15) is 5.26 Å². The zero-order valence-corrected chi connectivity index (χ0v) is 21.5. The highest BCUT2D eigenvalue weighted by atomic mass is 16.6. The molecule has 0 atom stereocenters. The summed E-state index contributed by atoms with van der Waals surface area (Å²) >= 11 is 0. The van der Waals surface area contributed by atoms with Crippen LogP contribution in [0.4, 0.5) is 5.69 Å². The van der Waals surface area contributed by atoms with E-state index in [2.05, 4.69) is 9.97 Å². The minimum atomic E-state index is -1.08. The molecule has 202 valence electrons. The maximum absolute atomic E-state index is 13.5. The van der Waals surface area contributed by atoms with Gasteiger partial charge in [0.15, 0.2) is 11.2 Å². The van der Waals surface area contributed by atoms with Crippen LogP contribution in [-0.4, -0.2) is 33.4 Å². The molecular weight excluding hydrogens is 508 g/mol. The Morgan fingerprint density at radius 1 is 1.05 bits per heavy atom. The smallest absolute Gasteiger partial charge is 0.316 e. The van der Waals surface area contributed by atoms with E-state index in [4.69, 9.17) is 0 Å². The number of aromatic amines is 1. The van der Waals surface area contributed by atoms with E-state index < -0.39 is 33.0 Å². The van der Waals surface area contributed by atoms with Crippen LogP contribution >= 0.6 is 0 Å². The van der Waals surface area contributed by atoms with E-state index in [1.165, 1.54) is 9.24 Å². The Morgan fingerprint density at radius 2 is 1.72 bits per heavy atom. The van der Waals surface area contributed by atoms with E-state index in [0.717, 1.165) is 34.2 Å². The molecule has 14 heteroatoms. The molecule has 1 fully saturated rings. The fourth-order valence-electron chi connectivity index (χ4n) is 5.42. The average Bonchev–Trinajstić information content (AvgIpc) is 3.58. The van der Waals surface area contributed by atoms with Crippen LogP contribution in [0, 0.1) is 21.4 Å². The SMILES string of the molecule is CCCn1c(=O)c2nc(C3CCCC3)n(-n3c(=O)c(=O)[nH]c4cc(C#N)c([N+](=O)[O-])cc43)c2n(CCC)c1=O. The summed E-state index contributed by atoms with van der Waals surface area (Å²) in [6.45, 7) is 4.07. The fraction of sp³-hybridized carbons (Fsp3) is 0.440. The number of aryl methyl sites for hydroxylation is 1. The Hall–Kier alpha value is -4.80. The normalized spacial score (nSPS) is 13.9. The van der Waals surface area contributed by atoms with Crippen molar-refractivity contribution in [3.8, 4) is 6.07 Å². The quantitative estimate of drug-likeness (QED) is 0.212. The van der Waals surface area contributed by atoms with Crippen LogP contribution in [0.1, 0.15) is 69.7 Å². The highest BCUT2D eigenvalue weighted by molar-refractivity contribution is 5.81. The van der Waals surface area contributed by atoms with Crippen LogP contribution < -0.4 is 22.4 Å². The number of rotatable bonds is 7. The van der Waals surface area contributed by atoms with Gasteiger partial charge in [-0.1, -0.05) is 26.7 Å². The number of fused-ring (bicyclic) bond motifs is 2. The highest BCUT2D eigenvalue weighted by Crippen LogP contribution is 2.35. The van der Waals surface area contributed by atoms with Crippen LogP contribution in [0.5, 0.6) is 0 Å². The van der Waals surface area contributed by atoms with Crippen molar-refractivity contribution < 1.29 is 4.92 Å². The number of imidazole rings is 1. The lowest BCUT2D eigenvalue weighted by atomic mass is 10.1. The molecule has 0 unspecified atom stereocenters. The molecule has 4 aromatic rings. The number of aromatic nitrogens is 6. The van der Waals surface area contributed by atoms with E-state index >= 15 is 0 Å². The predicted octanol–water partition coefficient (Wildman–Crippen LogP) is 1.93. The molecule has 1 aromatic carbocycles. The van der Waals surface area contributed by atoms with Gasteiger partial charge in [0.05, 0.1) is 16.0 Å². The molecule has 0 bridgehead atoms. The third kappa shape index (κ3) is 3.97. The van der Waals surface area contributed by atoms with Gasteiger partial charge in [-0.3, -0.25) is 33.6 Å². The van der Waals surface area contributed by atoms with Crippen molar-refractivity contribution in [1.29, 1.82) is 5.26 Å². The molecule has 3 aromatic heterocycles. The molecule has 1 aliphatic carbocycles. The summed E-state index contributed by atoms with van der Waals surface area (Å²) in [5.74, 6) is 0.135. The van der Waals surface area contributed by atoms with Crippen molar-refractivity contribution in [3.05, 3.63) is 75.2 Å². The summed E-state index contributed by atoms with van der Waals surface area (Å²) < 4.78 is 4.75. The van der Waals surface area contributed by atoms with Gasteiger partial charge in [-0.05, 0) is 31.7 Å². The van der Waals surface area contributed by atoms with Gasteiger partial charge >= 0.3 is 16.8 Å². The summed E-state index contributed by atoms with van der Waals surface area (Å²) in [4.78, 5) is 71.5. The number of nitro groups is 1. The maximum Gasteiger partial charge on any atom is 0.335 e. The van der Waals surface area contributed by atoms with Crippen molar-refractivity contribution >= 4 is 27.9 Å². The Kier molecular flexibility index (Phi) is 6.51. The monoisotopic (exact) mass is 534 g/mol. The van der Waals surface area contributed by atoms with Crippen molar-refractivity contribution in [2.75, 3.05) is 0 Å². The highest BCUT2D eigenvalue weighted by Gasteiger charge is 2.30. The molecule has 5 rings (SSSR count). The van der Waals surface area contributed by atoms with Gasteiger partial charge < -0.3 is 4.98 Å². The zero-order chi connectivity index (χ0) is 28.0. The standard InChI is InChI=1S/C25H26N8O6/c1-3-9-29-22-19(23(35)30(10-4-2)25(29)37)28-20(14-7-5-6-8-14)32(22)31-18-12-17(33(38)39)15(13-26)11-16(18)27-21(34)24(31)36/h11-12,14H,3-10H2,1-2H3,(H,27,34). The first-order valence-electron chi connectivity index (χ1n) is 12.9. The fourth-order valence-corrected chi connectivity index (χ4v) is 5.42. The van der Waals surface area contributed by atoms with E-state index in [9.17, 15) is 34.6 Å². The molecule has 0 saturated heterocycles. The van der Waals surface area contributed by atoms with Gasteiger partial charge in [-0.15, -0.1) is 0 Å².